The highest BCUT2D eigenvalue weighted by Gasteiger charge is 2.16. The van der Waals surface area contributed by atoms with Gasteiger partial charge >= 0.3 is 0 Å². The average Bonchev–Trinajstić information content (AvgIpc) is 2.76. The molecule has 1 radical (unpaired) electrons. The summed E-state index contributed by atoms with van der Waals surface area (Å²) in [5, 5.41) is 12.0. The Balaban J connectivity index is 1.74. The molecule has 29 heavy (non-hydrogen) atoms. The fourth-order valence-corrected chi connectivity index (χ4v) is 2.83. The minimum Gasteiger partial charge on any atom is -0.457 e. The molecular formula is C25H19O4. The van der Waals surface area contributed by atoms with E-state index >= 15 is 0 Å². The normalized spacial score (nSPS) is 10.4. The van der Waals surface area contributed by atoms with Crippen molar-refractivity contribution in [3.63, 3.8) is 0 Å². The summed E-state index contributed by atoms with van der Waals surface area (Å²) in [7, 11) is 0. The zero-order valence-electron chi connectivity index (χ0n) is 15.7. The highest BCUT2D eigenvalue weighted by atomic mass is 16.5. The molecule has 0 aliphatic carbocycles. The Morgan fingerprint density at radius 1 is 0.483 bits per heavy atom. The smallest absolute Gasteiger partial charge is 0.140 e. The lowest BCUT2D eigenvalue weighted by Gasteiger charge is -2.17. The van der Waals surface area contributed by atoms with Gasteiger partial charge in [0.05, 0.1) is 5.56 Å². The van der Waals surface area contributed by atoms with Crippen molar-refractivity contribution < 1.29 is 19.3 Å². The first-order valence-electron chi connectivity index (χ1n) is 9.25. The zero-order valence-corrected chi connectivity index (χ0v) is 15.7. The van der Waals surface area contributed by atoms with E-state index in [1.807, 2.05) is 91.0 Å². The molecule has 4 nitrogen and oxygen atoms in total. The molecule has 0 N–H and O–H groups in total. The summed E-state index contributed by atoms with van der Waals surface area (Å²) in [6, 6.07) is 31.5. The van der Waals surface area contributed by atoms with Gasteiger partial charge in [0.2, 0.25) is 0 Å². The first-order valence-corrected chi connectivity index (χ1v) is 9.25. The fourth-order valence-electron chi connectivity index (χ4n) is 2.83. The Morgan fingerprint density at radius 2 is 0.862 bits per heavy atom. The Hall–Kier alpha value is -3.76. The molecule has 0 unspecified atom stereocenters. The van der Waals surface area contributed by atoms with Crippen LogP contribution in [0.5, 0.6) is 34.5 Å². The van der Waals surface area contributed by atoms with Gasteiger partial charge in [-0.05, 0) is 36.4 Å². The van der Waals surface area contributed by atoms with Crippen molar-refractivity contribution in [2.75, 3.05) is 0 Å². The summed E-state index contributed by atoms with van der Waals surface area (Å²) < 4.78 is 18.0. The molecule has 0 aromatic heterocycles. The van der Waals surface area contributed by atoms with Gasteiger partial charge in [-0.3, -0.25) is 0 Å². The van der Waals surface area contributed by atoms with Gasteiger partial charge in [0.15, 0.2) is 0 Å². The number of hydrogen-bond donors (Lipinski definition) is 0. The summed E-state index contributed by atoms with van der Waals surface area (Å²) in [5.74, 6) is 3.27. The van der Waals surface area contributed by atoms with Crippen molar-refractivity contribution in [3.8, 4) is 34.5 Å². The highest BCUT2D eigenvalue weighted by molar-refractivity contribution is 5.54. The van der Waals surface area contributed by atoms with Crippen LogP contribution in [0.4, 0.5) is 0 Å². The van der Waals surface area contributed by atoms with Crippen LogP contribution in [-0.4, -0.2) is 0 Å². The van der Waals surface area contributed by atoms with Crippen LogP contribution >= 0.6 is 0 Å². The van der Waals surface area contributed by atoms with E-state index in [2.05, 4.69) is 0 Å². The predicted molar refractivity (Wildman–Crippen MR) is 110 cm³/mol. The lowest BCUT2D eigenvalue weighted by atomic mass is 10.1. The van der Waals surface area contributed by atoms with Crippen LogP contribution in [-0.2, 0) is 11.7 Å². The Labute approximate surface area is 169 Å². The Kier molecular flexibility index (Phi) is 5.74. The molecule has 4 aromatic carbocycles. The summed E-state index contributed by atoms with van der Waals surface area (Å²) >= 11 is 0. The largest absolute Gasteiger partial charge is 0.457 e. The van der Waals surface area contributed by atoms with E-state index in [4.69, 9.17) is 14.2 Å². The van der Waals surface area contributed by atoms with Crippen molar-refractivity contribution >= 4 is 0 Å². The standard InChI is InChI=1S/C25H19O4/c26-18-23-24(28-20-12-6-2-7-13-20)16-22(27-19-10-4-1-5-11-19)17-25(23)29-21-14-8-3-9-15-21/h1-17H,18H2. The van der Waals surface area contributed by atoms with Gasteiger partial charge in [-0.2, -0.15) is 0 Å². The van der Waals surface area contributed by atoms with Crippen LogP contribution < -0.4 is 14.2 Å². The summed E-state index contributed by atoms with van der Waals surface area (Å²) in [6.45, 7) is -0.490. The molecule has 4 aromatic rings. The topological polar surface area (TPSA) is 47.6 Å². The Morgan fingerprint density at radius 3 is 1.24 bits per heavy atom. The number of hydrogen-bond acceptors (Lipinski definition) is 3. The van der Waals surface area contributed by atoms with Crippen LogP contribution in [0.15, 0.2) is 103 Å². The number of benzene rings is 4. The number of ether oxygens (including phenoxy) is 3. The molecule has 4 heteroatoms. The molecule has 0 amide bonds. The van der Waals surface area contributed by atoms with E-state index in [-0.39, 0.29) is 0 Å². The maximum atomic E-state index is 12.0. The van der Waals surface area contributed by atoms with Crippen LogP contribution in [0.25, 0.3) is 0 Å². The van der Waals surface area contributed by atoms with Gasteiger partial charge in [-0.15, -0.1) is 0 Å². The van der Waals surface area contributed by atoms with E-state index in [0.717, 1.165) is 0 Å². The van der Waals surface area contributed by atoms with Crippen molar-refractivity contribution in [2.45, 2.75) is 6.61 Å². The van der Waals surface area contributed by atoms with E-state index in [0.29, 0.717) is 40.1 Å². The zero-order chi connectivity index (χ0) is 19.9. The molecule has 4 rings (SSSR count). The van der Waals surface area contributed by atoms with Crippen molar-refractivity contribution in [1.29, 1.82) is 0 Å². The van der Waals surface area contributed by atoms with E-state index in [1.165, 1.54) is 0 Å². The lowest BCUT2D eigenvalue weighted by molar-refractivity contribution is 0.172. The Bertz CT molecular complexity index is 985. The van der Waals surface area contributed by atoms with Crippen molar-refractivity contribution in [2.24, 2.45) is 0 Å². The van der Waals surface area contributed by atoms with E-state index in [9.17, 15) is 5.11 Å². The minimum absolute atomic E-state index is 0.408. The molecule has 0 heterocycles. The third-order valence-corrected chi connectivity index (χ3v) is 4.21. The van der Waals surface area contributed by atoms with Gasteiger partial charge in [0, 0.05) is 12.1 Å². The van der Waals surface area contributed by atoms with Crippen LogP contribution in [0.2, 0.25) is 0 Å². The highest BCUT2D eigenvalue weighted by Crippen LogP contribution is 2.40. The van der Waals surface area contributed by atoms with Crippen LogP contribution in [0.3, 0.4) is 0 Å². The molecule has 0 atom stereocenters. The second-order valence-electron chi connectivity index (χ2n) is 6.29. The molecule has 0 bridgehead atoms. The summed E-state index contributed by atoms with van der Waals surface area (Å²) in [4.78, 5) is 0. The number of rotatable bonds is 7. The monoisotopic (exact) mass is 383 g/mol. The second kappa shape index (κ2) is 8.95. The average molecular weight is 383 g/mol. The molecule has 0 saturated carbocycles. The quantitative estimate of drug-likeness (QED) is 0.345. The molecular weight excluding hydrogens is 364 g/mol. The first-order chi connectivity index (χ1) is 14.3. The third kappa shape index (κ3) is 4.75. The van der Waals surface area contributed by atoms with Gasteiger partial charge in [0.1, 0.15) is 41.1 Å². The maximum Gasteiger partial charge on any atom is 0.140 e. The minimum atomic E-state index is -0.490. The predicted octanol–water partition coefficient (Wildman–Crippen LogP) is 6.99. The van der Waals surface area contributed by atoms with Gasteiger partial charge in [-0.25, -0.2) is 5.11 Å². The molecule has 0 fully saturated rings. The van der Waals surface area contributed by atoms with E-state index in [1.54, 1.807) is 12.1 Å². The van der Waals surface area contributed by atoms with Gasteiger partial charge < -0.3 is 14.2 Å². The lowest BCUT2D eigenvalue weighted by Crippen LogP contribution is -1.97. The molecule has 0 saturated heterocycles. The molecule has 0 spiro atoms. The van der Waals surface area contributed by atoms with Crippen LogP contribution in [0, 0.1) is 0 Å². The van der Waals surface area contributed by atoms with Crippen molar-refractivity contribution in [3.05, 3.63) is 109 Å². The molecule has 0 aliphatic rings. The second-order valence-corrected chi connectivity index (χ2v) is 6.29. The first kappa shape index (κ1) is 18.6. The number of para-hydroxylation sites is 3. The summed E-state index contributed by atoms with van der Waals surface area (Å²) in [6.07, 6.45) is 0. The third-order valence-electron chi connectivity index (χ3n) is 4.21. The van der Waals surface area contributed by atoms with Gasteiger partial charge in [0.25, 0.3) is 0 Å². The van der Waals surface area contributed by atoms with E-state index < -0.39 is 6.61 Å². The summed E-state index contributed by atoms with van der Waals surface area (Å²) in [5.41, 5.74) is 0.429. The maximum absolute atomic E-state index is 12.0. The fraction of sp³-hybridized carbons (Fsp3) is 0.0400. The van der Waals surface area contributed by atoms with Gasteiger partial charge in [-0.1, -0.05) is 54.6 Å². The molecule has 0 aliphatic heterocycles. The van der Waals surface area contributed by atoms with Crippen molar-refractivity contribution in [1.82, 2.24) is 0 Å². The van der Waals surface area contributed by atoms with Crippen LogP contribution in [0.1, 0.15) is 5.56 Å². The molecule has 143 valence electrons. The SMILES string of the molecule is [O]Cc1c(Oc2ccccc2)cc(Oc2ccccc2)cc1Oc1ccccc1.